The number of halogens is 1. The van der Waals surface area contributed by atoms with Crippen LogP contribution in [0.4, 0.5) is 0 Å². The zero-order chi connectivity index (χ0) is 8.27. The van der Waals surface area contributed by atoms with Crippen molar-refractivity contribution < 1.29 is 5.11 Å². The van der Waals surface area contributed by atoms with Gasteiger partial charge in [-0.25, -0.2) is 0 Å². The number of aliphatic hydroxyl groups excluding tert-OH is 1. The normalized spacial score (nSPS) is 12.0. The van der Waals surface area contributed by atoms with E-state index in [-0.39, 0.29) is 10.8 Å². The molecule has 0 aromatic carbocycles. The van der Waals surface area contributed by atoms with Crippen LogP contribution in [0, 0.1) is 11.3 Å². The highest BCUT2D eigenvalue weighted by Crippen LogP contribution is 2.22. The molecular formula is C7H4ClNOS. The third kappa shape index (κ3) is 1.73. The van der Waals surface area contributed by atoms with E-state index in [9.17, 15) is 5.11 Å². The van der Waals surface area contributed by atoms with E-state index in [2.05, 4.69) is 0 Å². The second-order valence-electron chi connectivity index (χ2n) is 1.75. The predicted octanol–water partition coefficient (Wildman–Crippen LogP) is 2.74. The lowest BCUT2D eigenvalue weighted by molar-refractivity contribution is 0.513. The van der Waals surface area contributed by atoms with Crippen LogP contribution in [0.25, 0.3) is 5.76 Å². The quantitative estimate of drug-likeness (QED) is 0.540. The highest BCUT2D eigenvalue weighted by atomic mass is 35.5. The van der Waals surface area contributed by atoms with Crippen molar-refractivity contribution in [3.05, 3.63) is 27.4 Å². The van der Waals surface area contributed by atoms with E-state index < -0.39 is 0 Å². The van der Waals surface area contributed by atoms with Crippen molar-refractivity contribution in [2.45, 2.75) is 0 Å². The summed E-state index contributed by atoms with van der Waals surface area (Å²) in [7, 11) is 0. The molecule has 0 bridgehead atoms. The van der Waals surface area contributed by atoms with Crippen molar-refractivity contribution in [2.24, 2.45) is 0 Å². The Morgan fingerprint density at radius 3 is 2.91 bits per heavy atom. The van der Waals surface area contributed by atoms with Gasteiger partial charge in [-0.05, 0) is 11.4 Å². The smallest absolute Gasteiger partial charge is 0.162 e. The van der Waals surface area contributed by atoms with Crippen molar-refractivity contribution in [3.8, 4) is 6.07 Å². The first kappa shape index (κ1) is 8.12. The molecule has 2 nitrogen and oxygen atoms in total. The molecule has 1 heterocycles. The summed E-state index contributed by atoms with van der Waals surface area (Å²) in [5.74, 6) is -0.149. The molecule has 0 spiro atoms. The number of hydrogen-bond acceptors (Lipinski definition) is 3. The van der Waals surface area contributed by atoms with Gasteiger partial charge in [-0.15, -0.1) is 11.3 Å². The maximum Gasteiger partial charge on any atom is 0.162 e. The molecule has 1 aromatic rings. The van der Waals surface area contributed by atoms with Crippen LogP contribution in [0.5, 0.6) is 0 Å². The van der Waals surface area contributed by atoms with Crippen molar-refractivity contribution >= 4 is 28.7 Å². The summed E-state index contributed by atoms with van der Waals surface area (Å²) in [5, 5.41) is 19.1. The van der Waals surface area contributed by atoms with Crippen LogP contribution < -0.4 is 0 Å². The molecule has 0 atom stereocenters. The second-order valence-corrected chi connectivity index (χ2v) is 3.08. The number of hydrogen-bond donors (Lipinski definition) is 1. The summed E-state index contributed by atoms with van der Waals surface area (Å²) in [6, 6.07) is 5.12. The molecule has 0 aliphatic rings. The van der Waals surface area contributed by atoms with E-state index in [0.717, 1.165) is 0 Å². The Kier molecular flexibility index (Phi) is 2.53. The first-order valence-corrected chi connectivity index (χ1v) is 4.04. The van der Waals surface area contributed by atoms with Crippen LogP contribution in [0.15, 0.2) is 22.5 Å². The van der Waals surface area contributed by atoms with Gasteiger partial charge in [0.15, 0.2) is 10.8 Å². The fraction of sp³-hybridized carbons (Fsp3) is 0. The van der Waals surface area contributed by atoms with Gasteiger partial charge in [-0.2, -0.15) is 5.26 Å². The number of nitrogens with zero attached hydrogens (tertiary/aromatic N) is 1. The van der Waals surface area contributed by atoms with Crippen LogP contribution in [-0.2, 0) is 0 Å². The fourth-order valence-electron chi connectivity index (χ4n) is 0.574. The molecule has 1 N–H and O–H groups in total. The van der Waals surface area contributed by atoms with Crippen LogP contribution >= 0.6 is 22.9 Å². The highest BCUT2D eigenvalue weighted by Gasteiger charge is 2.04. The SMILES string of the molecule is N#CC(Cl)=C(O)c1cccs1. The molecule has 0 saturated heterocycles. The average molecular weight is 186 g/mol. The first-order valence-electron chi connectivity index (χ1n) is 2.78. The lowest BCUT2D eigenvalue weighted by Gasteiger charge is -1.92. The Hall–Kier alpha value is -0.980. The van der Waals surface area contributed by atoms with E-state index in [0.29, 0.717) is 4.88 Å². The Morgan fingerprint density at radius 1 is 1.73 bits per heavy atom. The van der Waals surface area contributed by atoms with Gasteiger partial charge in [0.1, 0.15) is 6.07 Å². The summed E-state index contributed by atoms with van der Waals surface area (Å²) in [4.78, 5) is 0.608. The topological polar surface area (TPSA) is 44.0 Å². The molecule has 0 fully saturated rings. The largest absolute Gasteiger partial charge is 0.504 e. The van der Waals surface area contributed by atoms with Gasteiger partial charge in [0.25, 0.3) is 0 Å². The number of aliphatic hydroxyl groups is 1. The third-order valence-corrected chi connectivity index (χ3v) is 2.20. The van der Waals surface area contributed by atoms with Gasteiger partial charge in [-0.1, -0.05) is 17.7 Å². The van der Waals surface area contributed by atoms with Crippen LogP contribution in [0.3, 0.4) is 0 Å². The maximum absolute atomic E-state index is 9.21. The predicted molar refractivity (Wildman–Crippen MR) is 45.3 cm³/mol. The zero-order valence-electron chi connectivity index (χ0n) is 5.41. The van der Waals surface area contributed by atoms with Gasteiger partial charge in [0.2, 0.25) is 0 Å². The molecule has 1 aromatic heterocycles. The van der Waals surface area contributed by atoms with E-state index >= 15 is 0 Å². The Bertz CT molecular complexity index is 310. The molecule has 4 heteroatoms. The number of thiophene rings is 1. The van der Waals surface area contributed by atoms with E-state index in [4.69, 9.17) is 16.9 Å². The summed E-state index contributed by atoms with van der Waals surface area (Å²) in [6.45, 7) is 0. The monoisotopic (exact) mass is 185 g/mol. The number of nitriles is 1. The van der Waals surface area contributed by atoms with Crippen molar-refractivity contribution in [2.75, 3.05) is 0 Å². The molecule has 56 valence electrons. The summed E-state index contributed by atoms with van der Waals surface area (Å²) in [5.41, 5.74) is 0. The number of allylic oxidation sites excluding steroid dienone is 1. The standard InChI is InChI=1S/C7H4ClNOS/c8-5(4-9)7(10)6-2-1-3-11-6/h1-3,10H. The highest BCUT2D eigenvalue weighted by molar-refractivity contribution is 7.11. The molecule has 0 aliphatic carbocycles. The first-order chi connectivity index (χ1) is 5.25. The Balaban J connectivity index is 3.05. The zero-order valence-corrected chi connectivity index (χ0v) is 6.99. The fourth-order valence-corrected chi connectivity index (χ4v) is 1.41. The summed E-state index contributed by atoms with van der Waals surface area (Å²) < 4.78 is 0. The molecule has 0 aliphatic heterocycles. The van der Waals surface area contributed by atoms with E-state index in [1.807, 2.05) is 0 Å². The molecular weight excluding hydrogens is 182 g/mol. The molecule has 0 unspecified atom stereocenters. The Morgan fingerprint density at radius 2 is 2.45 bits per heavy atom. The molecule has 0 amide bonds. The lowest BCUT2D eigenvalue weighted by atomic mass is 10.4. The van der Waals surface area contributed by atoms with Crippen LogP contribution in [0.1, 0.15) is 4.88 Å². The molecule has 0 radical (unpaired) electrons. The Labute approximate surface area is 73.0 Å². The minimum Gasteiger partial charge on any atom is -0.504 e. The minimum atomic E-state index is -0.174. The number of rotatable bonds is 1. The van der Waals surface area contributed by atoms with Gasteiger partial charge >= 0.3 is 0 Å². The lowest BCUT2D eigenvalue weighted by Crippen LogP contribution is -1.78. The van der Waals surface area contributed by atoms with Crippen LogP contribution in [-0.4, -0.2) is 5.11 Å². The molecule has 1 rings (SSSR count). The van der Waals surface area contributed by atoms with Crippen molar-refractivity contribution in [1.29, 1.82) is 5.26 Å². The van der Waals surface area contributed by atoms with Crippen LogP contribution in [0.2, 0.25) is 0 Å². The third-order valence-electron chi connectivity index (χ3n) is 1.06. The average Bonchev–Trinajstić information content (AvgIpc) is 2.53. The summed E-state index contributed by atoms with van der Waals surface area (Å²) in [6.07, 6.45) is 0. The van der Waals surface area contributed by atoms with Gasteiger partial charge in [0, 0.05) is 0 Å². The maximum atomic E-state index is 9.21. The van der Waals surface area contributed by atoms with Gasteiger partial charge < -0.3 is 5.11 Å². The van der Waals surface area contributed by atoms with Gasteiger partial charge in [-0.3, -0.25) is 0 Å². The van der Waals surface area contributed by atoms with Crippen molar-refractivity contribution in [1.82, 2.24) is 0 Å². The van der Waals surface area contributed by atoms with E-state index in [1.165, 1.54) is 11.3 Å². The van der Waals surface area contributed by atoms with Crippen molar-refractivity contribution in [3.63, 3.8) is 0 Å². The molecule has 11 heavy (non-hydrogen) atoms. The van der Waals surface area contributed by atoms with Gasteiger partial charge in [0.05, 0.1) is 4.88 Å². The summed E-state index contributed by atoms with van der Waals surface area (Å²) >= 11 is 6.71. The minimum absolute atomic E-state index is 0.149. The second kappa shape index (κ2) is 3.42. The molecule has 0 saturated carbocycles. The van der Waals surface area contributed by atoms with E-state index in [1.54, 1.807) is 23.6 Å².